The van der Waals surface area contributed by atoms with Crippen LogP contribution in [0.15, 0.2) is 54.6 Å². The van der Waals surface area contributed by atoms with E-state index in [4.69, 9.17) is 0 Å². The van der Waals surface area contributed by atoms with Crippen molar-refractivity contribution in [2.45, 2.75) is 6.92 Å². The molecule has 0 radical (unpaired) electrons. The van der Waals surface area contributed by atoms with E-state index in [-0.39, 0.29) is 5.69 Å². The Balaban J connectivity index is 2.01. The van der Waals surface area contributed by atoms with Crippen molar-refractivity contribution in [1.29, 1.82) is 5.26 Å². The van der Waals surface area contributed by atoms with Gasteiger partial charge in [-0.25, -0.2) is 4.98 Å². The van der Waals surface area contributed by atoms with Crippen molar-refractivity contribution in [2.24, 2.45) is 0 Å². The van der Waals surface area contributed by atoms with Crippen molar-refractivity contribution in [3.05, 3.63) is 80.2 Å². The van der Waals surface area contributed by atoms with E-state index in [0.717, 1.165) is 16.1 Å². The molecule has 0 unspecified atom stereocenters. The standard InChI is InChI=1S/C19H13N3O2S/c1-13-18(15-7-3-2-4-8-15)21-19(25-13)16(12-20)10-14-6-5-9-17(11-14)22(23)24/h2-11H,1H3. The largest absolute Gasteiger partial charge is 0.270 e. The summed E-state index contributed by atoms with van der Waals surface area (Å²) in [4.78, 5) is 16.1. The molecule has 0 bridgehead atoms. The lowest BCUT2D eigenvalue weighted by atomic mass is 10.1. The summed E-state index contributed by atoms with van der Waals surface area (Å²) in [6.07, 6.45) is 1.63. The predicted molar refractivity (Wildman–Crippen MR) is 98.9 cm³/mol. The molecule has 0 saturated carbocycles. The molecule has 0 amide bonds. The second-order valence-electron chi connectivity index (χ2n) is 5.31. The highest BCUT2D eigenvalue weighted by Crippen LogP contribution is 2.31. The Hall–Kier alpha value is -3.30. The first kappa shape index (κ1) is 16.6. The summed E-state index contributed by atoms with van der Waals surface area (Å²) in [7, 11) is 0. The summed E-state index contributed by atoms with van der Waals surface area (Å²) < 4.78 is 0. The van der Waals surface area contributed by atoms with E-state index >= 15 is 0 Å². The number of non-ortho nitro benzene ring substituents is 1. The Morgan fingerprint density at radius 3 is 2.68 bits per heavy atom. The molecule has 122 valence electrons. The molecule has 0 aliphatic heterocycles. The summed E-state index contributed by atoms with van der Waals surface area (Å²) in [5, 5.41) is 21.0. The highest BCUT2D eigenvalue weighted by molar-refractivity contribution is 7.13. The summed E-state index contributed by atoms with van der Waals surface area (Å²) in [5.74, 6) is 0. The van der Waals surface area contributed by atoms with Gasteiger partial charge in [-0.3, -0.25) is 10.1 Å². The number of aromatic nitrogens is 1. The first-order valence-corrected chi connectivity index (χ1v) is 8.29. The SMILES string of the molecule is Cc1sc(C(C#N)=Cc2cccc([N+](=O)[O-])c2)nc1-c1ccccc1. The van der Waals surface area contributed by atoms with E-state index in [1.165, 1.54) is 23.5 Å². The second-order valence-corrected chi connectivity index (χ2v) is 6.51. The molecule has 3 aromatic rings. The molecular weight excluding hydrogens is 334 g/mol. The van der Waals surface area contributed by atoms with E-state index in [1.54, 1.807) is 18.2 Å². The third kappa shape index (κ3) is 3.62. The molecule has 1 heterocycles. The molecule has 2 aromatic carbocycles. The van der Waals surface area contributed by atoms with Crippen LogP contribution in [0.3, 0.4) is 0 Å². The number of nitro groups is 1. The first-order chi connectivity index (χ1) is 12.1. The van der Waals surface area contributed by atoms with Gasteiger partial charge in [0, 0.05) is 22.6 Å². The van der Waals surface area contributed by atoms with Crippen LogP contribution in [0.4, 0.5) is 5.69 Å². The summed E-state index contributed by atoms with van der Waals surface area (Å²) >= 11 is 1.44. The average molecular weight is 347 g/mol. The fourth-order valence-electron chi connectivity index (χ4n) is 2.41. The number of nitrogens with zero attached hydrogens (tertiary/aromatic N) is 3. The lowest BCUT2D eigenvalue weighted by Crippen LogP contribution is -1.88. The Bertz CT molecular complexity index is 1000. The lowest BCUT2D eigenvalue weighted by molar-refractivity contribution is -0.384. The Morgan fingerprint density at radius 1 is 1.24 bits per heavy atom. The monoisotopic (exact) mass is 347 g/mol. The van der Waals surface area contributed by atoms with Gasteiger partial charge >= 0.3 is 0 Å². The third-order valence-corrected chi connectivity index (χ3v) is 4.59. The number of nitriles is 1. The van der Waals surface area contributed by atoms with E-state index in [9.17, 15) is 15.4 Å². The minimum Gasteiger partial charge on any atom is -0.258 e. The summed E-state index contributed by atoms with van der Waals surface area (Å²) in [6.45, 7) is 1.96. The van der Waals surface area contributed by atoms with Crippen LogP contribution < -0.4 is 0 Å². The molecule has 0 spiro atoms. The van der Waals surface area contributed by atoms with Crippen molar-refractivity contribution in [3.63, 3.8) is 0 Å². The highest BCUT2D eigenvalue weighted by atomic mass is 32.1. The number of aryl methyl sites for hydroxylation is 1. The van der Waals surface area contributed by atoms with E-state index in [1.807, 2.05) is 37.3 Å². The van der Waals surface area contributed by atoms with Gasteiger partial charge in [0.1, 0.15) is 11.1 Å². The van der Waals surface area contributed by atoms with Gasteiger partial charge in [-0.2, -0.15) is 5.26 Å². The molecule has 0 N–H and O–H groups in total. The summed E-state index contributed by atoms with van der Waals surface area (Å²) in [5.41, 5.74) is 2.82. The molecule has 6 heteroatoms. The molecule has 3 rings (SSSR count). The smallest absolute Gasteiger partial charge is 0.258 e. The van der Waals surface area contributed by atoms with Gasteiger partial charge in [0.15, 0.2) is 0 Å². The van der Waals surface area contributed by atoms with Crippen LogP contribution in [0.1, 0.15) is 15.4 Å². The number of thiazole rings is 1. The third-order valence-electron chi connectivity index (χ3n) is 3.59. The zero-order valence-electron chi connectivity index (χ0n) is 13.3. The predicted octanol–water partition coefficient (Wildman–Crippen LogP) is 5.09. The van der Waals surface area contributed by atoms with Crippen molar-refractivity contribution < 1.29 is 4.92 Å². The van der Waals surface area contributed by atoms with Gasteiger partial charge < -0.3 is 0 Å². The van der Waals surface area contributed by atoms with Crippen molar-refractivity contribution in [2.75, 3.05) is 0 Å². The van der Waals surface area contributed by atoms with Crippen molar-refractivity contribution in [1.82, 2.24) is 4.98 Å². The van der Waals surface area contributed by atoms with Crippen LogP contribution in [0.5, 0.6) is 0 Å². The molecule has 0 fully saturated rings. The van der Waals surface area contributed by atoms with Crippen LogP contribution in [-0.4, -0.2) is 9.91 Å². The van der Waals surface area contributed by atoms with E-state index in [0.29, 0.717) is 16.1 Å². The zero-order valence-corrected chi connectivity index (χ0v) is 14.2. The second kappa shape index (κ2) is 7.07. The van der Waals surface area contributed by atoms with Crippen LogP contribution >= 0.6 is 11.3 Å². The number of hydrogen-bond acceptors (Lipinski definition) is 5. The Morgan fingerprint density at radius 2 is 2.00 bits per heavy atom. The first-order valence-electron chi connectivity index (χ1n) is 7.48. The topological polar surface area (TPSA) is 79.8 Å². The van der Waals surface area contributed by atoms with Crippen LogP contribution in [-0.2, 0) is 0 Å². The molecular formula is C19H13N3O2S. The zero-order chi connectivity index (χ0) is 17.8. The lowest BCUT2D eigenvalue weighted by Gasteiger charge is -1.97. The molecule has 0 aliphatic carbocycles. The van der Waals surface area contributed by atoms with Gasteiger partial charge in [0.25, 0.3) is 5.69 Å². The maximum atomic E-state index is 10.9. The minimum absolute atomic E-state index is 0.00802. The Kier molecular flexibility index (Phi) is 4.68. The van der Waals surface area contributed by atoms with Crippen LogP contribution in [0.2, 0.25) is 0 Å². The Labute approximate surface area is 148 Å². The molecule has 1 aromatic heterocycles. The highest BCUT2D eigenvalue weighted by Gasteiger charge is 2.13. The number of rotatable bonds is 4. The average Bonchev–Trinajstić information content (AvgIpc) is 3.02. The number of hydrogen-bond donors (Lipinski definition) is 0. The van der Waals surface area contributed by atoms with Crippen molar-refractivity contribution >= 4 is 28.7 Å². The van der Waals surface area contributed by atoms with Crippen LogP contribution in [0, 0.1) is 28.4 Å². The molecule has 0 aliphatic rings. The minimum atomic E-state index is -0.454. The summed E-state index contributed by atoms with van der Waals surface area (Å²) in [6, 6.07) is 18.1. The van der Waals surface area contributed by atoms with Gasteiger partial charge in [0.2, 0.25) is 0 Å². The number of nitro benzene ring substituents is 1. The van der Waals surface area contributed by atoms with Crippen molar-refractivity contribution in [3.8, 4) is 17.3 Å². The van der Waals surface area contributed by atoms with Gasteiger partial charge in [0.05, 0.1) is 16.2 Å². The normalized spacial score (nSPS) is 11.1. The quantitative estimate of drug-likeness (QED) is 0.374. The van der Waals surface area contributed by atoms with E-state index in [2.05, 4.69) is 11.1 Å². The van der Waals surface area contributed by atoms with Gasteiger partial charge in [-0.1, -0.05) is 42.5 Å². The molecule has 5 nitrogen and oxygen atoms in total. The number of benzene rings is 2. The fourth-order valence-corrected chi connectivity index (χ4v) is 3.31. The fraction of sp³-hybridized carbons (Fsp3) is 0.0526. The number of allylic oxidation sites excluding steroid dienone is 1. The van der Waals surface area contributed by atoms with Gasteiger partial charge in [-0.15, -0.1) is 11.3 Å². The molecule has 0 saturated heterocycles. The van der Waals surface area contributed by atoms with E-state index < -0.39 is 4.92 Å². The van der Waals surface area contributed by atoms with Crippen LogP contribution in [0.25, 0.3) is 22.9 Å². The maximum Gasteiger partial charge on any atom is 0.270 e. The molecule has 0 atom stereocenters. The van der Waals surface area contributed by atoms with Gasteiger partial charge in [-0.05, 0) is 18.6 Å². The maximum absolute atomic E-state index is 10.9. The molecule has 25 heavy (non-hydrogen) atoms.